The van der Waals surface area contributed by atoms with E-state index in [9.17, 15) is 19.5 Å². The van der Waals surface area contributed by atoms with Crippen molar-refractivity contribution in [3.05, 3.63) is 24.3 Å². The maximum absolute atomic E-state index is 14.6. The maximum Gasteiger partial charge on any atom is 0.313 e. The summed E-state index contributed by atoms with van der Waals surface area (Å²) in [4.78, 5) is 45.7. The second-order valence-electron chi connectivity index (χ2n) is 13.5. The Morgan fingerprint density at radius 2 is 1.73 bits per heavy atom. The molecule has 0 aromatic heterocycles. The van der Waals surface area contributed by atoms with Crippen molar-refractivity contribution in [1.29, 1.82) is 0 Å². The highest BCUT2D eigenvalue weighted by Crippen LogP contribution is 2.58. The second kappa shape index (κ2) is 9.23. The van der Waals surface area contributed by atoms with Gasteiger partial charge in [0.2, 0.25) is 11.8 Å². The summed E-state index contributed by atoms with van der Waals surface area (Å²) < 4.78 is 12.3. The van der Waals surface area contributed by atoms with E-state index in [2.05, 4.69) is 34.6 Å². The molecule has 0 saturated carbocycles. The maximum atomic E-state index is 14.6. The van der Waals surface area contributed by atoms with Crippen LogP contribution in [0.15, 0.2) is 24.3 Å². The minimum Gasteiger partial charge on any atom is -0.465 e. The average Bonchev–Trinajstić information content (AvgIpc) is 3.06. The fourth-order valence-electron chi connectivity index (χ4n) is 7.34. The van der Waals surface area contributed by atoms with Crippen LogP contribution in [0.5, 0.6) is 0 Å². The molecule has 0 radical (unpaired) electrons. The largest absolute Gasteiger partial charge is 0.465 e. The first-order valence-corrected chi connectivity index (χ1v) is 13.6. The van der Waals surface area contributed by atoms with Gasteiger partial charge in [0.15, 0.2) is 0 Å². The summed E-state index contributed by atoms with van der Waals surface area (Å²) in [6, 6.07) is -1.60. The van der Waals surface area contributed by atoms with Gasteiger partial charge < -0.3 is 24.4 Å². The van der Waals surface area contributed by atoms with Crippen LogP contribution in [0.1, 0.15) is 68.2 Å². The lowest BCUT2D eigenvalue weighted by atomic mass is 9.74. The Bertz CT molecular complexity index is 1010. The zero-order valence-electron chi connectivity index (χ0n) is 23.6. The predicted molar refractivity (Wildman–Crippen MR) is 139 cm³/mol. The summed E-state index contributed by atoms with van der Waals surface area (Å²) in [5.74, 6) is -2.99. The number of cyclic esters (lactones) is 1. The number of carbonyl (C=O) groups is 3. The molecular formula is C29H44N2O6. The number of hydrogen-bond acceptors (Lipinski definition) is 6. The minimum atomic E-state index is -1.35. The summed E-state index contributed by atoms with van der Waals surface area (Å²) in [6.45, 7) is 16.5. The molecule has 4 heterocycles. The van der Waals surface area contributed by atoms with Crippen molar-refractivity contribution in [3.63, 3.8) is 0 Å². The zero-order chi connectivity index (χ0) is 27.6. The summed E-state index contributed by atoms with van der Waals surface area (Å²) in [5, 5.41) is 10.4. The first-order chi connectivity index (χ1) is 17.1. The molecule has 8 nitrogen and oxygen atoms in total. The number of aliphatic hydroxyl groups excluding tert-OH is 1. The fourth-order valence-corrected chi connectivity index (χ4v) is 7.34. The molecule has 1 unspecified atom stereocenters. The first-order valence-electron chi connectivity index (χ1n) is 13.6. The molecule has 2 saturated heterocycles. The van der Waals surface area contributed by atoms with Gasteiger partial charge in [-0.3, -0.25) is 14.4 Å². The van der Waals surface area contributed by atoms with Crippen LogP contribution >= 0.6 is 0 Å². The molecule has 6 atom stereocenters. The topological polar surface area (TPSA) is 96.4 Å². The number of esters is 1. The lowest BCUT2D eigenvalue weighted by Gasteiger charge is -2.46. The summed E-state index contributed by atoms with van der Waals surface area (Å²) in [5.41, 5.74) is -2.99. The van der Waals surface area contributed by atoms with Gasteiger partial charge in [-0.05, 0) is 44.9 Å². The molecule has 37 heavy (non-hydrogen) atoms. The highest BCUT2D eigenvalue weighted by molar-refractivity contribution is 5.99. The van der Waals surface area contributed by atoms with Crippen molar-refractivity contribution in [1.82, 2.24) is 9.80 Å². The number of likely N-dealkylation sites (tertiary alicyclic amines) is 1. The van der Waals surface area contributed by atoms with Crippen LogP contribution in [-0.4, -0.2) is 81.3 Å². The summed E-state index contributed by atoms with van der Waals surface area (Å²) in [7, 11) is 0. The molecule has 8 heteroatoms. The first kappa shape index (κ1) is 27.8. The van der Waals surface area contributed by atoms with Crippen molar-refractivity contribution in [2.45, 2.75) is 97.1 Å². The highest BCUT2D eigenvalue weighted by atomic mass is 16.6. The third kappa shape index (κ3) is 4.44. The van der Waals surface area contributed by atoms with E-state index in [4.69, 9.17) is 9.47 Å². The molecule has 0 aliphatic carbocycles. The Kier molecular flexibility index (Phi) is 6.94. The lowest BCUT2D eigenvalue weighted by Crippen LogP contribution is -2.62. The summed E-state index contributed by atoms with van der Waals surface area (Å²) in [6.07, 6.45) is 8.84. The van der Waals surface area contributed by atoms with Crippen molar-refractivity contribution in [2.75, 3.05) is 19.8 Å². The zero-order valence-corrected chi connectivity index (χ0v) is 23.6. The number of nitrogens with zero attached hydrogens (tertiary/aromatic N) is 2. The quantitative estimate of drug-likeness (QED) is 0.446. The van der Waals surface area contributed by atoms with Gasteiger partial charge in [-0.1, -0.05) is 58.9 Å². The number of fused-ring (bicyclic) bond motifs is 2. The van der Waals surface area contributed by atoms with Crippen LogP contribution in [0.25, 0.3) is 0 Å². The third-order valence-corrected chi connectivity index (χ3v) is 8.47. The molecular weight excluding hydrogens is 472 g/mol. The Balaban J connectivity index is 1.90. The number of aliphatic hydroxyl groups is 1. The molecule has 4 aliphatic rings. The van der Waals surface area contributed by atoms with Crippen molar-refractivity contribution in [2.24, 2.45) is 23.2 Å². The van der Waals surface area contributed by atoms with Gasteiger partial charge in [0, 0.05) is 12.1 Å². The van der Waals surface area contributed by atoms with Gasteiger partial charge in [-0.2, -0.15) is 0 Å². The second-order valence-corrected chi connectivity index (χ2v) is 13.5. The highest BCUT2D eigenvalue weighted by Gasteiger charge is 2.75. The van der Waals surface area contributed by atoms with E-state index in [1.54, 1.807) is 6.92 Å². The van der Waals surface area contributed by atoms with Crippen molar-refractivity contribution < 1.29 is 29.0 Å². The molecule has 1 spiro atoms. The average molecular weight is 517 g/mol. The van der Waals surface area contributed by atoms with Crippen molar-refractivity contribution in [3.8, 4) is 0 Å². The van der Waals surface area contributed by atoms with Gasteiger partial charge in [0.25, 0.3) is 0 Å². The van der Waals surface area contributed by atoms with E-state index < -0.39 is 46.6 Å². The standard InChI is InChI=1S/C29H44N2O6/c1-18(2)19(16-32)31-22-24(34)30(27(6,7)17-26(3,4)5)14-11-13-29(22)20(23(31)33)21-25(35)36-15-10-9-12-28(21,8)37-29/h9,11-13,18-22,32H,10,14-17H2,1-8H3/t19-,20-,21-,22?,28+,29-/m0/s1. The minimum absolute atomic E-state index is 0.0336. The molecule has 1 N–H and O–H groups in total. The SMILES string of the molecule is CC(C)[C@H](CO)N1C(=O)[C@@H]2[C@H]3C(=O)OCCC=C[C@@]3(C)O[C@@]23C=CCN(C(C)(C)CC(C)(C)C)C(=O)C13. The van der Waals surface area contributed by atoms with Gasteiger partial charge in [-0.15, -0.1) is 0 Å². The number of amides is 2. The van der Waals surface area contributed by atoms with Gasteiger partial charge in [0.05, 0.1) is 30.8 Å². The van der Waals surface area contributed by atoms with E-state index in [0.717, 1.165) is 6.42 Å². The molecule has 2 fully saturated rings. The van der Waals surface area contributed by atoms with Crippen molar-refractivity contribution >= 4 is 17.8 Å². The fraction of sp³-hybridized carbons (Fsp3) is 0.759. The Labute approximate surface area is 221 Å². The van der Waals surface area contributed by atoms with Crippen LogP contribution in [0, 0.1) is 23.2 Å². The van der Waals surface area contributed by atoms with Crippen LogP contribution in [0.4, 0.5) is 0 Å². The number of carbonyl (C=O) groups excluding carboxylic acids is 3. The van der Waals surface area contributed by atoms with E-state index >= 15 is 0 Å². The van der Waals surface area contributed by atoms with E-state index in [1.807, 2.05) is 43.1 Å². The normalized spacial score (nSPS) is 35.1. The summed E-state index contributed by atoms with van der Waals surface area (Å²) >= 11 is 0. The Hall–Kier alpha value is -2.19. The number of ether oxygens (including phenoxy) is 2. The van der Waals surface area contributed by atoms with Gasteiger partial charge in [0.1, 0.15) is 17.6 Å². The van der Waals surface area contributed by atoms with Crippen LogP contribution in [-0.2, 0) is 23.9 Å². The van der Waals surface area contributed by atoms with Crippen LogP contribution in [0.2, 0.25) is 0 Å². The molecule has 0 bridgehead atoms. The molecule has 0 aromatic carbocycles. The van der Waals surface area contributed by atoms with E-state index in [-0.39, 0.29) is 36.4 Å². The van der Waals surface area contributed by atoms with Crippen LogP contribution < -0.4 is 0 Å². The molecule has 0 aromatic rings. The van der Waals surface area contributed by atoms with Gasteiger partial charge >= 0.3 is 5.97 Å². The predicted octanol–water partition coefficient (Wildman–Crippen LogP) is 3.09. The van der Waals surface area contributed by atoms with Gasteiger partial charge in [-0.25, -0.2) is 0 Å². The Morgan fingerprint density at radius 3 is 2.32 bits per heavy atom. The molecule has 206 valence electrons. The van der Waals surface area contributed by atoms with Crippen LogP contribution in [0.3, 0.4) is 0 Å². The molecule has 4 aliphatic heterocycles. The number of rotatable bonds is 5. The van der Waals surface area contributed by atoms with E-state index in [1.165, 1.54) is 4.90 Å². The smallest absolute Gasteiger partial charge is 0.313 e. The third-order valence-electron chi connectivity index (χ3n) is 8.47. The number of hydrogen-bond donors (Lipinski definition) is 1. The Morgan fingerprint density at radius 1 is 1.05 bits per heavy atom. The molecule has 2 amide bonds. The van der Waals surface area contributed by atoms with E-state index in [0.29, 0.717) is 13.0 Å². The molecule has 4 rings (SSSR count). The lowest BCUT2D eigenvalue weighted by molar-refractivity contribution is -0.164. The monoisotopic (exact) mass is 516 g/mol.